The van der Waals surface area contributed by atoms with Crippen LogP contribution in [0.15, 0.2) is 16.5 Å². The molecule has 168 valence electrons. The Kier molecular flexibility index (Phi) is 5.83. The number of carbonyl (C=O) groups excluding carboxylic acids is 1. The van der Waals surface area contributed by atoms with Gasteiger partial charge in [-0.15, -0.1) is 0 Å². The SMILES string of the molecule is CC(C)CCC[C@@H](C)[C@H]1CC[C@H]2C3=C(CC[C@]12C)[C@@]1(C)CC/C(=N/O)C[C@@H]1C(=O)O3. The van der Waals surface area contributed by atoms with Gasteiger partial charge in [0, 0.05) is 17.8 Å². The van der Waals surface area contributed by atoms with Crippen LogP contribution in [0.5, 0.6) is 0 Å². The molecule has 4 nitrogen and oxygen atoms in total. The molecular formula is C26H41NO3. The Balaban J connectivity index is 1.57. The molecule has 0 unspecified atom stereocenters. The van der Waals surface area contributed by atoms with Gasteiger partial charge < -0.3 is 9.94 Å². The zero-order valence-electron chi connectivity index (χ0n) is 19.7. The number of esters is 1. The number of hydrogen-bond donors (Lipinski definition) is 1. The van der Waals surface area contributed by atoms with E-state index in [0.29, 0.717) is 12.3 Å². The highest BCUT2D eigenvalue weighted by atomic mass is 16.5. The number of ether oxygens (including phenoxy) is 1. The van der Waals surface area contributed by atoms with Crippen molar-refractivity contribution >= 4 is 11.7 Å². The normalized spacial score (nSPS) is 40.8. The van der Waals surface area contributed by atoms with Crippen molar-refractivity contribution in [2.24, 2.45) is 45.6 Å². The van der Waals surface area contributed by atoms with Crippen LogP contribution in [0.4, 0.5) is 0 Å². The summed E-state index contributed by atoms with van der Waals surface area (Å²) in [6.45, 7) is 11.9. The van der Waals surface area contributed by atoms with Gasteiger partial charge in [-0.3, -0.25) is 4.79 Å². The van der Waals surface area contributed by atoms with Crippen LogP contribution in [0.2, 0.25) is 0 Å². The Labute approximate surface area is 182 Å². The molecule has 0 saturated heterocycles. The van der Waals surface area contributed by atoms with Crippen LogP contribution in [0.25, 0.3) is 0 Å². The van der Waals surface area contributed by atoms with E-state index in [-0.39, 0.29) is 22.7 Å². The Bertz CT molecular complexity index is 753. The predicted molar refractivity (Wildman–Crippen MR) is 119 cm³/mol. The molecule has 0 aromatic rings. The zero-order valence-corrected chi connectivity index (χ0v) is 19.7. The van der Waals surface area contributed by atoms with E-state index in [9.17, 15) is 10.0 Å². The summed E-state index contributed by atoms with van der Waals surface area (Å²) in [5.74, 6) is 3.42. The van der Waals surface area contributed by atoms with Crippen LogP contribution in [0.3, 0.4) is 0 Å². The molecule has 0 aromatic carbocycles. The summed E-state index contributed by atoms with van der Waals surface area (Å²) >= 11 is 0. The summed E-state index contributed by atoms with van der Waals surface area (Å²) in [5, 5.41) is 12.7. The molecule has 6 atom stereocenters. The van der Waals surface area contributed by atoms with Gasteiger partial charge >= 0.3 is 5.97 Å². The molecule has 2 saturated carbocycles. The minimum atomic E-state index is -0.188. The summed E-state index contributed by atoms with van der Waals surface area (Å²) < 4.78 is 6.14. The van der Waals surface area contributed by atoms with Crippen molar-refractivity contribution in [3.05, 3.63) is 11.3 Å². The molecule has 4 heteroatoms. The highest BCUT2D eigenvalue weighted by Crippen LogP contribution is 2.64. The summed E-state index contributed by atoms with van der Waals surface area (Å²) in [6.07, 6.45) is 10.9. The lowest BCUT2D eigenvalue weighted by molar-refractivity contribution is -0.154. The van der Waals surface area contributed by atoms with Gasteiger partial charge in [0.25, 0.3) is 0 Å². The monoisotopic (exact) mass is 415 g/mol. The lowest BCUT2D eigenvalue weighted by Gasteiger charge is -2.52. The number of nitrogens with zero attached hydrogens (tertiary/aromatic N) is 1. The van der Waals surface area contributed by atoms with Crippen LogP contribution in [-0.2, 0) is 9.53 Å². The molecule has 1 aliphatic heterocycles. The number of carbonyl (C=O) groups is 1. The third-order valence-corrected chi connectivity index (χ3v) is 9.53. The van der Waals surface area contributed by atoms with Crippen LogP contribution >= 0.6 is 0 Å². The van der Waals surface area contributed by atoms with Crippen molar-refractivity contribution in [1.82, 2.24) is 0 Å². The second-order valence-corrected chi connectivity index (χ2v) is 11.6. The first-order valence-electron chi connectivity index (χ1n) is 12.4. The summed E-state index contributed by atoms with van der Waals surface area (Å²) in [4.78, 5) is 13.1. The zero-order chi connectivity index (χ0) is 21.7. The number of fused-ring (bicyclic) bond motifs is 4. The van der Waals surface area contributed by atoms with Gasteiger partial charge in [0.2, 0.25) is 0 Å². The second-order valence-electron chi connectivity index (χ2n) is 11.6. The molecule has 30 heavy (non-hydrogen) atoms. The molecule has 1 N–H and O–H groups in total. The van der Waals surface area contributed by atoms with Crippen molar-refractivity contribution in [1.29, 1.82) is 0 Å². The number of hydrogen-bond acceptors (Lipinski definition) is 4. The number of rotatable bonds is 5. The van der Waals surface area contributed by atoms with Gasteiger partial charge in [-0.1, -0.05) is 59.0 Å². The molecule has 0 bridgehead atoms. The van der Waals surface area contributed by atoms with E-state index in [0.717, 1.165) is 54.9 Å². The largest absolute Gasteiger partial charge is 0.431 e. The molecule has 0 amide bonds. The maximum absolute atomic E-state index is 13.1. The van der Waals surface area contributed by atoms with Gasteiger partial charge in [0.1, 0.15) is 5.76 Å². The van der Waals surface area contributed by atoms with Gasteiger partial charge in [-0.05, 0) is 67.3 Å². The summed E-state index contributed by atoms with van der Waals surface area (Å²) in [6, 6.07) is 0. The third kappa shape index (κ3) is 3.42. The quantitative estimate of drug-likeness (QED) is 0.308. The second kappa shape index (κ2) is 7.98. The average Bonchev–Trinajstić information content (AvgIpc) is 3.05. The van der Waals surface area contributed by atoms with E-state index in [1.54, 1.807) is 0 Å². The Morgan fingerprint density at radius 3 is 2.57 bits per heavy atom. The van der Waals surface area contributed by atoms with E-state index < -0.39 is 0 Å². The van der Waals surface area contributed by atoms with Gasteiger partial charge in [0.15, 0.2) is 0 Å². The summed E-state index contributed by atoms with van der Waals surface area (Å²) in [7, 11) is 0. The van der Waals surface area contributed by atoms with Crippen molar-refractivity contribution < 1.29 is 14.7 Å². The standard InChI is InChI=1S/C26H41NO3/c1-16(2)7-6-8-17(3)19-9-10-20-23-21(12-14-25(19,20)4)26(5)13-11-18(27-29)15-22(26)24(28)30-23/h16-17,19-20,22,29H,6-15H2,1-5H3/b27-18-/t17-,19-,20+,22-,25-,26-/m1/s1. The van der Waals surface area contributed by atoms with Crippen LogP contribution in [-0.4, -0.2) is 16.9 Å². The maximum Gasteiger partial charge on any atom is 0.315 e. The van der Waals surface area contributed by atoms with Crippen LogP contribution < -0.4 is 0 Å². The van der Waals surface area contributed by atoms with E-state index in [1.807, 2.05) is 0 Å². The maximum atomic E-state index is 13.1. The minimum Gasteiger partial charge on any atom is -0.431 e. The fourth-order valence-electron chi connectivity index (χ4n) is 7.58. The van der Waals surface area contributed by atoms with Crippen molar-refractivity contribution in [3.63, 3.8) is 0 Å². The van der Waals surface area contributed by atoms with E-state index in [1.165, 1.54) is 37.7 Å². The van der Waals surface area contributed by atoms with Gasteiger partial charge in [-0.25, -0.2) is 0 Å². The Morgan fingerprint density at radius 1 is 1.10 bits per heavy atom. The molecule has 0 radical (unpaired) electrons. The van der Waals surface area contributed by atoms with Gasteiger partial charge in [-0.2, -0.15) is 0 Å². The number of allylic oxidation sites excluding steroid dienone is 2. The van der Waals surface area contributed by atoms with Gasteiger partial charge in [0.05, 0.1) is 11.6 Å². The van der Waals surface area contributed by atoms with E-state index in [4.69, 9.17) is 4.74 Å². The van der Waals surface area contributed by atoms with Crippen LogP contribution in [0.1, 0.15) is 98.8 Å². The Hall–Kier alpha value is -1.32. The van der Waals surface area contributed by atoms with Crippen molar-refractivity contribution in [3.8, 4) is 0 Å². The molecule has 3 aliphatic carbocycles. The minimum absolute atomic E-state index is 0.0882. The van der Waals surface area contributed by atoms with Crippen molar-refractivity contribution in [2.45, 2.75) is 98.8 Å². The first kappa shape index (κ1) is 21.9. The molecule has 4 aliphatic rings. The van der Waals surface area contributed by atoms with E-state index in [2.05, 4.69) is 39.8 Å². The fraction of sp³-hybridized carbons (Fsp3) is 0.846. The summed E-state index contributed by atoms with van der Waals surface area (Å²) in [5.41, 5.74) is 2.29. The third-order valence-electron chi connectivity index (χ3n) is 9.53. The molecule has 0 spiro atoms. The lowest BCUT2D eigenvalue weighted by atomic mass is 9.54. The first-order chi connectivity index (χ1) is 14.2. The van der Waals surface area contributed by atoms with Crippen molar-refractivity contribution in [2.75, 3.05) is 0 Å². The Morgan fingerprint density at radius 2 is 1.87 bits per heavy atom. The number of oxime groups is 1. The molecule has 0 aromatic heterocycles. The highest BCUT2D eigenvalue weighted by Gasteiger charge is 2.59. The smallest absolute Gasteiger partial charge is 0.315 e. The molecular weight excluding hydrogens is 374 g/mol. The van der Waals surface area contributed by atoms with Crippen LogP contribution in [0, 0.1) is 40.4 Å². The molecule has 4 rings (SSSR count). The average molecular weight is 416 g/mol. The fourth-order valence-corrected chi connectivity index (χ4v) is 7.58. The first-order valence-corrected chi connectivity index (χ1v) is 12.4. The molecule has 1 heterocycles. The topological polar surface area (TPSA) is 58.9 Å². The van der Waals surface area contributed by atoms with E-state index >= 15 is 0 Å². The molecule has 2 fully saturated rings. The predicted octanol–water partition coefficient (Wildman–Crippen LogP) is 6.72. The highest BCUT2D eigenvalue weighted by molar-refractivity contribution is 5.91. The lowest BCUT2D eigenvalue weighted by Crippen LogP contribution is -2.49.